The number of carbonyl (C=O) groups excluding carboxylic acids is 1. The first-order chi connectivity index (χ1) is 10.1. The molecule has 0 aliphatic carbocycles. The van der Waals surface area contributed by atoms with Crippen LogP contribution in [-0.4, -0.2) is 5.91 Å². The van der Waals surface area contributed by atoms with Gasteiger partial charge in [-0.15, -0.1) is 0 Å². The van der Waals surface area contributed by atoms with E-state index in [4.69, 9.17) is 5.84 Å². The third kappa shape index (κ3) is 3.83. The zero-order valence-electron chi connectivity index (χ0n) is 12.4. The third-order valence-corrected chi connectivity index (χ3v) is 3.46. The number of nitrogens with two attached hydrogens (primary N) is 1. The molecule has 0 heterocycles. The highest BCUT2D eigenvalue weighted by atomic mass is 16.1. The lowest BCUT2D eigenvalue weighted by atomic mass is 10.1. The van der Waals surface area contributed by atoms with Gasteiger partial charge in [0.05, 0.1) is 11.3 Å². The van der Waals surface area contributed by atoms with E-state index in [1.807, 2.05) is 31.2 Å². The average molecular weight is 283 g/mol. The molecule has 0 aromatic heterocycles. The number of benzene rings is 2. The van der Waals surface area contributed by atoms with Crippen molar-refractivity contribution >= 4 is 11.6 Å². The Morgan fingerprint density at radius 1 is 1.10 bits per heavy atom. The van der Waals surface area contributed by atoms with Gasteiger partial charge in [-0.25, -0.2) is 0 Å². The maximum Gasteiger partial charge on any atom is 0.253 e. The number of amides is 1. The van der Waals surface area contributed by atoms with Crippen molar-refractivity contribution in [1.82, 2.24) is 5.32 Å². The molecule has 2 aromatic carbocycles. The molecule has 4 heteroatoms. The summed E-state index contributed by atoms with van der Waals surface area (Å²) in [4.78, 5) is 12.3. The number of hydrogen-bond donors (Lipinski definition) is 3. The van der Waals surface area contributed by atoms with Gasteiger partial charge in [0.2, 0.25) is 0 Å². The lowest BCUT2D eigenvalue weighted by Crippen LogP contribution is -2.25. The molecule has 110 valence electrons. The van der Waals surface area contributed by atoms with Crippen molar-refractivity contribution in [1.29, 1.82) is 0 Å². The Kier molecular flexibility index (Phi) is 4.95. The Balaban J connectivity index is 2.05. The fourth-order valence-corrected chi connectivity index (χ4v) is 2.14. The van der Waals surface area contributed by atoms with Gasteiger partial charge in [0.25, 0.3) is 5.91 Å². The number of hydrazine groups is 1. The third-order valence-electron chi connectivity index (χ3n) is 3.46. The lowest BCUT2D eigenvalue weighted by Gasteiger charge is -2.11. The zero-order chi connectivity index (χ0) is 15.2. The van der Waals surface area contributed by atoms with E-state index < -0.39 is 0 Å². The molecule has 0 fully saturated rings. The first-order valence-electron chi connectivity index (χ1n) is 7.07. The van der Waals surface area contributed by atoms with Crippen LogP contribution in [0.4, 0.5) is 5.69 Å². The molecule has 4 N–H and O–H groups in total. The summed E-state index contributed by atoms with van der Waals surface area (Å²) in [5.74, 6) is 5.31. The maximum absolute atomic E-state index is 12.3. The quantitative estimate of drug-likeness (QED) is 0.584. The highest BCUT2D eigenvalue weighted by Crippen LogP contribution is 2.16. The number of anilines is 1. The molecule has 4 nitrogen and oxygen atoms in total. The topological polar surface area (TPSA) is 67.2 Å². The number of carbonyl (C=O) groups is 1. The van der Waals surface area contributed by atoms with Crippen molar-refractivity contribution in [3.8, 4) is 0 Å². The van der Waals surface area contributed by atoms with Gasteiger partial charge in [0.15, 0.2) is 0 Å². The molecule has 0 unspecified atom stereocenters. The van der Waals surface area contributed by atoms with Gasteiger partial charge in [-0.1, -0.05) is 42.8 Å². The van der Waals surface area contributed by atoms with Crippen molar-refractivity contribution in [3.63, 3.8) is 0 Å². The van der Waals surface area contributed by atoms with Gasteiger partial charge >= 0.3 is 0 Å². The van der Waals surface area contributed by atoms with E-state index in [9.17, 15) is 4.79 Å². The smallest absolute Gasteiger partial charge is 0.253 e. The molecule has 0 radical (unpaired) electrons. The van der Waals surface area contributed by atoms with Crippen LogP contribution in [0.25, 0.3) is 0 Å². The Hall–Kier alpha value is -2.33. The second-order valence-electron chi connectivity index (χ2n) is 5.05. The summed E-state index contributed by atoms with van der Waals surface area (Å²) in [5, 5.41) is 2.92. The minimum Gasteiger partial charge on any atom is -0.348 e. The second kappa shape index (κ2) is 6.90. The highest BCUT2D eigenvalue weighted by molar-refractivity contribution is 5.99. The van der Waals surface area contributed by atoms with Crippen LogP contribution in [0.5, 0.6) is 0 Å². The molecule has 0 atom stereocenters. The van der Waals surface area contributed by atoms with E-state index >= 15 is 0 Å². The van der Waals surface area contributed by atoms with Crippen LogP contribution < -0.4 is 16.6 Å². The zero-order valence-corrected chi connectivity index (χ0v) is 12.4. The largest absolute Gasteiger partial charge is 0.348 e. The number of aryl methyl sites for hydroxylation is 2. The van der Waals surface area contributed by atoms with Crippen LogP contribution >= 0.6 is 0 Å². The van der Waals surface area contributed by atoms with Crippen LogP contribution in [0.2, 0.25) is 0 Å². The summed E-state index contributed by atoms with van der Waals surface area (Å²) in [6.07, 6.45) is 1.02. The first kappa shape index (κ1) is 15.1. The molecule has 0 bridgehead atoms. The number of nitrogen functional groups attached to an aromatic ring is 1. The molecule has 1 amide bonds. The van der Waals surface area contributed by atoms with Crippen LogP contribution in [-0.2, 0) is 13.0 Å². The van der Waals surface area contributed by atoms with Crippen LogP contribution in [0, 0.1) is 6.92 Å². The van der Waals surface area contributed by atoms with Gasteiger partial charge in [0.1, 0.15) is 0 Å². The monoisotopic (exact) mass is 283 g/mol. The molecule has 0 spiro atoms. The Morgan fingerprint density at radius 3 is 2.38 bits per heavy atom. The maximum atomic E-state index is 12.3. The standard InChI is InChI=1S/C17H21N3O/c1-3-13-5-7-14(8-6-13)11-19-17(21)15-10-12(2)4-9-16(15)20-18/h4-10,20H,3,11,18H2,1-2H3,(H,19,21). The highest BCUT2D eigenvalue weighted by Gasteiger charge is 2.10. The molecule has 2 aromatic rings. The van der Waals surface area contributed by atoms with Crippen molar-refractivity contribution in [2.45, 2.75) is 26.8 Å². The molecular formula is C17H21N3O. The van der Waals surface area contributed by atoms with Crippen LogP contribution in [0.3, 0.4) is 0 Å². The van der Waals surface area contributed by atoms with Crippen LogP contribution in [0.1, 0.15) is 34.0 Å². The molecule has 21 heavy (non-hydrogen) atoms. The molecule has 0 aliphatic rings. The Bertz CT molecular complexity index is 620. The van der Waals surface area contributed by atoms with Crippen LogP contribution in [0.15, 0.2) is 42.5 Å². The molecule has 2 rings (SSSR count). The predicted octanol–water partition coefficient (Wildman–Crippen LogP) is 2.77. The summed E-state index contributed by atoms with van der Waals surface area (Å²) in [7, 11) is 0. The van der Waals surface area contributed by atoms with E-state index in [0.717, 1.165) is 17.5 Å². The van der Waals surface area contributed by atoms with Gasteiger partial charge < -0.3 is 10.7 Å². The van der Waals surface area contributed by atoms with Crippen molar-refractivity contribution in [2.24, 2.45) is 5.84 Å². The SMILES string of the molecule is CCc1ccc(CNC(=O)c2cc(C)ccc2NN)cc1. The van der Waals surface area contributed by atoms with E-state index in [0.29, 0.717) is 17.8 Å². The van der Waals surface area contributed by atoms with Crippen molar-refractivity contribution < 1.29 is 4.79 Å². The number of nitrogens with one attached hydrogen (secondary N) is 2. The predicted molar refractivity (Wildman–Crippen MR) is 86.0 cm³/mol. The van der Waals surface area contributed by atoms with E-state index in [1.165, 1.54) is 5.56 Å². The molecule has 0 aliphatic heterocycles. The van der Waals surface area contributed by atoms with Gasteiger partial charge in [-0.2, -0.15) is 0 Å². The minimum atomic E-state index is -0.133. The van der Waals surface area contributed by atoms with E-state index in [-0.39, 0.29) is 5.91 Å². The minimum absolute atomic E-state index is 0.133. The number of rotatable bonds is 5. The van der Waals surface area contributed by atoms with E-state index in [1.54, 1.807) is 6.07 Å². The summed E-state index contributed by atoms with van der Waals surface area (Å²) < 4.78 is 0. The van der Waals surface area contributed by atoms with Gasteiger partial charge in [0, 0.05) is 6.54 Å². The molecule has 0 saturated heterocycles. The van der Waals surface area contributed by atoms with Crippen molar-refractivity contribution in [2.75, 3.05) is 5.43 Å². The van der Waals surface area contributed by atoms with E-state index in [2.05, 4.69) is 29.8 Å². The van der Waals surface area contributed by atoms with Gasteiger partial charge in [-0.05, 0) is 36.6 Å². The average Bonchev–Trinajstić information content (AvgIpc) is 2.53. The van der Waals surface area contributed by atoms with Crippen molar-refractivity contribution in [3.05, 3.63) is 64.7 Å². The number of hydrogen-bond acceptors (Lipinski definition) is 3. The summed E-state index contributed by atoms with van der Waals surface area (Å²) >= 11 is 0. The summed E-state index contributed by atoms with van der Waals surface area (Å²) in [5.41, 5.74) is 7.13. The normalized spacial score (nSPS) is 10.2. The Labute approximate surface area is 125 Å². The first-order valence-corrected chi connectivity index (χ1v) is 7.07. The molecular weight excluding hydrogens is 262 g/mol. The molecule has 0 saturated carbocycles. The lowest BCUT2D eigenvalue weighted by molar-refractivity contribution is 0.0951. The fraction of sp³-hybridized carbons (Fsp3) is 0.235. The Morgan fingerprint density at radius 2 is 1.76 bits per heavy atom. The van der Waals surface area contributed by atoms with Gasteiger partial charge in [-0.3, -0.25) is 10.6 Å². The summed E-state index contributed by atoms with van der Waals surface area (Å²) in [6.45, 7) is 4.57. The second-order valence-corrected chi connectivity index (χ2v) is 5.05. The summed E-state index contributed by atoms with van der Waals surface area (Å²) in [6, 6.07) is 13.8. The fourth-order valence-electron chi connectivity index (χ4n) is 2.14.